The molecule has 0 radical (unpaired) electrons. The Morgan fingerprint density at radius 1 is 0.818 bits per heavy atom. The molecule has 0 saturated heterocycles. The third-order valence-corrected chi connectivity index (χ3v) is 6.71. The zero-order valence-corrected chi connectivity index (χ0v) is 15.7. The molecule has 0 bridgehead atoms. The van der Waals surface area contributed by atoms with Crippen LogP contribution in [0.4, 0.5) is 0 Å². The van der Waals surface area contributed by atoms with E-state index in [1.165, 1.54) is 0 Å². The minimum absolute atomic E-state index is 0.0235. The van der Waals surface area contributed by atoms with Gasteiger partial charge in [0.2, 0.25) is 0 Å². The summed E-state index contributed by atoms with van der Waals surface area (Å²) >= 11 is 0. The van der Waals surface area contributed by atoms with Gasteiger partial charge in [-0.25, -0.2) is 0 Å². The molecule has 1 unspecified atom stereocenters. The Bertz CT molecular complexity index is 416. The van der Waals surface area contributed by atoms with Crippen molar-refractivity contribution in [1.82, 2.24) is 0 Å². The van der Waals surface area contributed by atoms with E-state index in [0.717, 1.165) is 5.56 Å². The van der Waals surface area contributed by atoms with Gasteiger partial charge < -0.3 is 13.3 Å². The Kier molecular flexibility index (Phi) is 7.49. The third-order valence-electron chi connectivity index (χ3n) is 2.98. The zero-order chi connectivity index (χ0) is 16.8. The first-order valence-electron chi connectivity index (χ1n) is 8.01. The summed E-state index contributed by atoms with van der Waals surface area (Å²) in [5.74, 6) is 0. The van der Waals surface area contributed by atoms with Crippen molar-refractivity contribution in [2.75, 3.05) is 0 Å². The Balaban J connectivity index is 3.31. The molecule has 1 aromatic rings. The van der Waals surface area contributed by atoms with Crippen LogP contribution in [0.3, 0.4) is 0 Å². The maximum Gasteiger partial charge on any atom is 0.513 e. The molecule has 4 heteroatoms. The van der Waals surface area contributed by atoms with Crippen molar-refractivity contribution in [1.29, 1.82) is 0 Å². The van der Waals surface area contributed by atoms with Gasteiger partial charge in [0.05, 0.1) is 5.54 Å². The highest BCUT2D eigenvalue weighted by atomic mass is 28.4. The van der Waals surface area contributed by atoms with E-state index < -0.39 is 8.80 Å². The first-order valence-corrected chi connectivity index (χ1v) is 9.82. The summed E-state index contributed by atoms with van der Waals surface area (Å²) in [6.07, 6.45) is 1.97. The minimum Gasteiger partial charge on any atom is -0.370 e. The summed E-state index contributed by atoms with van der Waals surface area (Å²) in [5, 5.41) is 0. The van der Waals surface area contributed by atoms with Crippen molar-refractivity contribution in [3.05, 3.63) is 48.6 Å². The molecule has 124 valence electrons. The maximum atomic E-state index is 6.29. The standard InChI is InChI=1S/C18H30O3Si/c1-8-18(17-12-10-9-11-13-17)22(19-14(2)3,20-15(4)5)21-16(6)7/h8-16,18H,1H2,2-7H3. The lowest BCUT2D eigenvalue weighted by atomic mass is 10.1. The Morgan fingerprint density at radius 3 is 1.55 bits per heavy atom. The molecule has 0 aliphatic heterocycles. The van der Waals surface area contributed by atoms with Crippen LogP contribution in [-0.2, 0) is 13.3 Å². The monoisotopic (exact) mass is 322 g/mol. The van der Waals surface area contributed by atoms with Gasteiger partial charge in [-0.05, 0) is 47.1 Å². The van der Waals surface area contributed by atoms with Crippen LogP contribution in [0.25, 0.3) is 0 Å². The molecular weight excluding hydrogens is 292 g/mol. The molecule has 0 aliphatic rings. The van der Waals surface area contributed by atoms with Gasteiger partial charge in [0.25, 0.3) is 0 Å². The molecule has 0 heterocycles. The SMILES string of the molecule is C=CC(c1ccccc1)[Si](OC(C)C)(OC(C)C)OC(C)C. The molecule has 0 amide bonds. The predicted octanol–water partition coefficient (Wildman–Crippen LogP) is 4.71. The van der Waals surface area contributed by atoms with E-state index in [-0.39, 0.29) is 23.9 Å². The second-order valence-electron chi connectivity index (χ2n) is 6.23. The average molecular weight is 323 g/mol. The van der Waals surface area contributed by atoms with Gasteiger partial charge in [-0.15, -0.1) is 6.58 Å². The smallest absolute Gasteiger partial charge is 0.370 e. The fourth-order valence-electron chi connectivity index (χ4n) is 2.43. The molecule has 1 atom stereocenters. The van der Waals surface area contributed by atoms with Crippen molar-refractivity contribution < 1.29 is 13.3 Å². The number of benzene rings is 1. The second-order valence-corrected chi connectivity index (χ2v) is 8.76. The molecule has 0 fully saturated rings. The topological polar surface area (TPSA) is 27.7 Å². The van der Waals surface area contributed by atoms with Crippen LogP contribution in [0.15, 0.2) is 43.0 Å². The van der Waals surface area contributed by atoms with Crippen molar-refractivity contribution in [3.8, 4) is 0 Å². The summed E-state index contributed by atoms with van der Waals surface area (Å²) < 4.78 is 18.9. The van der Waals surface area contributed by atoms with E-state index >= 15 is 0 Å². The number of allylic oxidation sites excluding steroid dienone is 1. The molecule has 3 nitrogen and oxygen atoms in total. The van der Waals surface area contributed by atoms with E-state index in [2.05, 4.69) is 18.7 Å². The lowest BCUT2D eigenvalue weighted by molar-refractivity contribution is -0.00114. The van der Waals surface area contributed by atoms with E-state index in [1.54, 1.807) is 0 Å². The summed E-state index contributed by atoms with van der Waals surface area (Å²) in [6.45, 7) is 16.1. The van der Waals surface area contributed by atoms with Gasteiger partial charge in [0.1, 0.15) is 0 Å². The zero-order valence-electron chi connectivity index (χ0n) is 14.7. The van der Waals surface area contributed by atoms with Gasteiger partial charge in [0.15, 0.2) is 0 Å². The normalized spacial score (nSPS) is 13.9. The van der Waals surface area contributed by atoms with Crippen LogP contribution in [0.1, 0.15) is 52.6 Å². The molecule has 1 aromatic carbocycles. The largest absolute Gasteiger partial charge is 0.513 e. The van der Waals surface area contributed by atoms with Gasteiger partial charge in [-0.1, -0.05) is 36.4 Å². The first-order chi connectivity index (χ1) is 10.3. The summed E-state index contributed by atoms with van der Waals surface area (Å²) in [7, 11) is -2.97. The second kappa shape index (κ2) is 8.63. The fraction of sp³-hybridized carbons (Fsp3) is 0.556. The number of rotatable bonds is 9. The van der Waals surface area contributed by atoms with E-state index in [0.29, 0.717) is 0 Å². The molecule has 0 aliphatic carbocycles. The number of hydrogen-bond acceptors (Lipinski definition) is 3. The lowest BCUT2D eigenvalue weighted by Crippen LogP contribution is -2.55. The minimum atomic E-state index is -2.97. The Morgan fingerprint density at radius 2 is 1.23 bits per heavy atom. The van der Waals surface area contributed by atoms with E-state index in [1.807, 2.05) is 65.8 Å². The molecule has 0 aromatic heterocycles. The van der Waals surface area contributed by atoms with Gasteiger partial charge in [0, 0.05) is 18.3 Å². The van der Waals surface area contributed by atoms with E-state index in [9.17, 15) is 0 Å². The van der Waals surface area contributed by atoms with Crippen molar-refractivity contribution in [2.24, 2.45) is 0 Å². The van der Waals surface area contributed by atoms with Crippen LogP contribution in [0, 0.1) is 0 Å². The highest BCUT2D eigenvalue weighted by Crippen LogP contribution is 2.34. The highest BCUT2D eigenvalue weighted by Gasteiger charge is 2.51. The van der Waals surface area contributed by atoms with Gasteiger partial charge >= 0.3 is 8.80 Å². The number of hydrogen-bond donors (Lipinski definition) is 0. The summed E-state index contributed by atoms with van der Waals surface area (Å²) in [4.78, 5) is 0. The summed E-state index contributed by atoms with van der Waals surface area (Å²) in [6, 6.07) is 10.2. The summed E-state index contributed by atoms with van der Waals surface area (Å²) in [5.41, 5.74) is 1.03. The van der Waals surface area contributed by atoms with E-state index in [4.69, 9.17) is 13.3 Å². The quantitative estimate of drug-likeness (QED) is 0.487. The maximum absolute atomic E-state index is 6.29. The van der Waals surface area contributed by atoms with Gasteiger partial charge in [-0.2, -0.15) is 0 Å². The third kappa shape index (κ3) is 5.36. The van der Waals surface area contributed by atoms with Crippen LogP contribution in [0.5, 0.6) is 0 Å². The fourth-order valence-corrected chi connectivity index (χ4v) is 5.90. The van der Waals surface area contributed by atoms with Crippen LogP contribution in [0.2, 0.25) is 0 Å². The Labute approximate surface area is 136 Å². The highest BCUT2D eigenvalue weighted by molar-refractivity contribution is 6.63. The van der Waals surface area contributed by atoms with Crippen molar-refractivity contribution in [2.45, 2.75) is 65.4 Å². The molecule has 0 saturated carbocycles. The molecule has 0 spiro atoms. The molecule has 1 rings (SSSR count). The van der Waals surface area contributed by atoms with Crippen LogP contribution in [-0.4, -0.2) is 27.1 Å². The van der Waals surface area contributed by atoms with Gasteiger partial charge in [-0.3, -0.25) is 0 Å². The molecule has 22 heavy (non-hydrogen) atoms. The van der Waals surface area contributed by atoms with Crippen LogP contribution < -0.4 is 0 Å². The van der Waals surface area contributed by atoms with Crippen molar-refractivity contribution in [3.63, 3.8) is 0 Å². The first kappa shape index (κ1) is 19.1. The molecular formula is C18H30O3Si. The lowest BCUT2D eigenvalue weighted by Gasteiger charge is -2.38. The van der Waals surface area contributed by atoms with Crippen LogP contribution >= 0.6 is 0 Å². The van der Waals surface area contributed by atoms with Crippen molar-refractivity contribution >= 4 is 8.80 Å². The Hall–Kier alpha value is -0.943. The average Bonchev–Trinajstić information content (AvgIpc) is 2.37. The molecule has 0 N–H and O–H groups in total. The predicted molar refractivity (Wildman–Crippen MR) is 93.8 cm³/mol.